The van der Waals surface area contributed by atoms with Crippen molar-refractivity contribution >= 4 is 0 Å². The van der Waals surface area contributed by atoms with E-state index >= 15 is 0 Å². The van der Waals surface area contributed by atoms with Crippen LogP contribution in [0.2, 0.25) is 0 Å². The molecule has 0 aliphatic carbocycles. The molecule has 1 aromatic carbocycles. The highest BCUT2D eigenvalue weighted by atomic mass is 19.4. The Morgan fingerprint density at radius 3 is 1.82 bits per heavy atom. The van der Waals surface area contributed by atoms with Crippen molar-refractivity contribution < 1.29 is 13.2 Å². The molecule has 0 saturated carbocycles. The molecule has 2 atom stereocenters. The quantitative estimate of drug-likeness (QED) is 0.861. The van der Waals surface area contributed by atoms with Gasteiger partial charge in [-0.3, -0.25) is 0 Å². The van der Waals surface area contributed by atoms with Gasteiger partial charge in [-0.2, -0.15) is 13.2 Å². The summed E-state index contributed by atoms with van der Waals surface area (Å²) in [5.41, 5.74) is 6.22. The van der Waals surface area contributed by atoms with Crippen LogP contribution >= 0.6 is 0 Å². The Hall–Kier alpha value is -1.03. The van der Waals surface area contributed by atoms with E-state index in [-0.39, 0.29) is 12.0 Å². The van der Waals surface area contributed by atoms with Gasteiger partial charge >= 0.3 is 6.18 Å². The van der Waals surface area contributed by atoms with Crippen LogP contribution in [0.25, 0.3) is 0 Å². The van der Waals surface area contributed by atoms with Crippen LogP contribution in [0.4, 0.5) is 13.2 Å². The number of halogens is 3. The van der Waals surface area contributed by atoms with E-state index in [0.29, 0.717) is 5.92 Å². The Morgan fingerprint density at radius 1 is 1.00 bits per heavy atom. The minimum atomic E-state index is -4.28. The molecule has 0 amide bonds. The molecule has 1 nitrogen and oxygen atoms in total. The lowest BCUT2D eigenvalue weighted by Crippen LogP contribution is -2.32. The van der Waals surface area contributed by atoms with Crippen LogP contribution < -0.4 is 5.73 Å². The molecule has 17 heavy (non-hydrogen) atoms. The van der Waals surface area contributed by atoms with E-state index in [1.807, 2.05) is 20.8 Å². The van der Waals surface area contributed by atoms with Crippen molar-refractivity contribution in [3.8, 4) is 0 Å². The van der Waals surface area contributed by atoms with Crippen molar-refractivity contribution in [2.24, 2.45) is 11.7 Å². The molecule has 0 heterocycles. The van der Waals surface area contributed by atoms with E-state index in [2.05, 4.69) is 0 Å². The molecule has 0 radical (unpaired) electrons. The topological polar surface area (TPSA) is 26.0 Å². The molecule has 1 rings (SSSR count). The zero-order valence-corrected chi connectivity index (χ0v) is 10.3. The summed E-state index contributed by atoms with van der Waals surface area (Å²) in [7, 11) is 0. The van der Waals surface area contributed by atoms with E-state index in [0.717, 1.165) is 17.7 Å². The van der Waals surface area contributed by atoms with Crippen molar-refractivity contribution in [2.75, 3.05) is 0 Å². The van der Waals surface area contributed by atoms with Crippen LogP contribution in [-0.4, -0.2) is 6.04 Å². The van der Waals surface area contributed by atoms with Crippen LogP contribution in [0.3, 0.4) is 0 Å². The third-order valence-corrected chi connectivity index (χ3v) is 3.11. The second kappa shape index (κ2) is 5.08. The number of alkyl halides is 3. The molecule has 96 valence electrons. The standard InChI is InChI=1S/C13H18F3N/c1-8(2)12(17)9(3)10-4-6-11(7-5-10)13(14,15)16/h4-9,12H,17H2,1-3H3. The first-order valence-corrected chi connectivity index (χ1v) is 5.66. The molecule has 2 unspecified atom stereocenters. The summed E-state index contributed by atoms with van der Waals surface area (Å²) in [6.07, 6.45) is -4.28. The van der Waals surface area contributed by atoms with Crippen molar-refractivity contribution in [3.63, 3.8) is 0 Å². The molecule has 0 aliphatic rings. The van der Waals surface area contributed by atoms with Gasteiger partial charge in [0, 0.05) is 6.04 Å². The summed E-state index contributed by atoms with van der Waals surface area (Å²) >= 11 is 0. The fraction of sp³-hybridized carbons (Fsp3) is 0.538. The maximum Gasteiger partial charge on any atom is 0.416 e. The SMILES string of the molecule is CC(C)C(N)C(C)c1ccc(C(F)(F)F)cc1. The van der Waals surface area contributed by atoms with Crippen LogP contribution in [0.5, 0.6) is 0 Å². The molecule has 1 aromatic rings. The van der Waals surface area contributed by atoms with Gasteiger partial charge in [-0.1, -0.05) is 32.9 Å². The van der Waals surface area contributed by atoms with Gasteiger partial charge in [0.2, 0.25) is 0 Å². The van der Waals surface area contributed by atoms with E-state index in [1.54, 1.807) is 0 Å². The Morgan fingerprint density at radius 2 is 1.47 bits per heavy atom. The van der Waals surface area contributed by atoms with Gasteiger partial charge in [0.05, 0.1) is 5.56 Å². The molecule has 0 aromatic heterocycles. The van der Waals surface area contributed by atoms with Gasteiger partial charge in [-0.15, -0.1) is 0 Å². The fourth-order valence-corrected chi connectivity index (χ4v) is 1.78. The average Bonchev–Trinajstić information content (AvgIpc) is 2.26. The molecule has 0 bridgehead atoms. The summed E-state index contributed by atoms with van der Waals surface area (Å²) in [5, 5.41) is 0. The van der Waals surface area contributed by atoms with Crippen LogP contribution in [0.1, 0.15) is 37.8 Å². The third-order valence-electron chi connectivity index (χ3n) is 3.11. The predicted octanol–water partition coefficient (Wildman–Crippen LogP) is 3.79. The average molecular weight is 245 g/mol. The van der Waals surface area contributed by atoms with Crippen molar-refractivity contribution in [2.45, 2.75) is 38.9 Å². The number of hydrogen-bond donors (Lipinski definition) is 1. The van der Waals surface area contributed by atoms with Gasteiger partial charge in [0.1, 0.15) is 0 Å². The second-order valence-corrected chi connectivity index (χ2v) is 4.73. The van der Waals surface area contributed by atoms with Gasteiger partial charge in [-0.05, 0) is 29.5 Å². The van der Waals surface area contributed by atoms with Crippen molar-refractivity contribution in [3.05, 3.63) is 35.4 Å². The molecule has 2 N–H and O–H groups in total. The minimum absolute atomic E-state index is 0.0493. The lowest BCUT2D eigenvalue weighted by molar-refractivity contribution is -0.137. The summed E-state index contributed by atoms with van der Waals surface area (Å²) in [6, 6.07) is 5.19. The fourth-order valence-electron chi connectivity index (χ4n) is 1.78. The molecule has 4 heteroatoms. The lowest BCUT2D eigenvalue weighted by atomic mass is 9.87. The first-order valence-electron chi connectivity index (χ1n) is 5.66. The summed E-state index contributed by atoms with van der Waals surface area (Å²) in [6.45, 7) is 5.95. The van der Waals surface area contributed by atoms with Gasteiger partial charge in [-0.25, -0.2) is 0 Å². The Kier molecular flexibility index (Phi) is 4.20. The molecule has 0 spiro atoms. The molecular weight excluding hydrogens is 227 g/mol. The zero-order chi connectivity index (χ0) is 13.2. The van der Waals surface area contributed by atoms with Crippen LogP contribution in [-0.2, 0) is 6.18 Å². The summed E-state index contributed by atoms with van der Waals surface area (Å²) in [4.78, 5) is 0. The van der Waals surface area contributed by atoms with Gasteiger partial charge in [0.15, 0.2) is 0 Å². The maximum absolute atomic E-state index is 12.4. The van der Waals surface area contributed by atoms with E-state index in [9.17, 15) is 13.2 Å². The molecule has 0 saturated heterocycles. The van der Waals surface area contributed by atoms with Crippen molar-refractivity contribution in [1.82, 2.24) is 0 Å². The first-order chi connectivity index (χ1) is 7.73. The van der Waals surface area contributed by atoms with E-state index in [1.165, 1.54) is 12.1 Å². The zero-order valence-electron chi connectivity index (χ0n) is 10.3. The molecule has 0 fully saturated rings. The summed E-state index contributed by atoms with van der Waals surface area (Å²) < 4.78 is 37.1. The monoisotopic (exact) mass is 245 g/mol. The number of rotatable bonds is 3. The van der Waals surface area contributed by atoms with Crippen molar-refractivity contribution in [1.29, 1.82) is 0 Å². The minimum Gasteiger partial charge on any atom is -0.327 e. The van der Waals surface area contributed by atoms with Gasteiger partial charge < -0.3 is 5.73 Å². The maximum atomic E-state index is 12.4. The number of nitrogens with two attached hydrogens (primary N) is 1. The second-order valence-electron chi connectivity index (χ2n) is 4.73. The largest absolute Gasteiger partial charge is 0.416 e. The third kappa shape index (κ3) is 3.46. The Labute approximate surface area is 99.8 Å². The predicted molar refractivity (Wildman–Crippen MR) is 62.7 cm³/mol. The highest BCUT2D eigenvalue weighted by Crippen LogP contribution is 2.31. The number of hydrogen-bond acceptors (Lipinski definition) is 1. The highest BCUT2D eigenvalue weighted by molar-refractivity contribution is 5.27. The van der Waals surface area contributed by atoms with E-state index < -0.39 is 11.7 Å². The summed E-state index contributed by atoms with van der Waals surface area (Å²) in [5.74, 6) is 0.351. The van der Waals surface area contributed by atoms with Crippen LogP contribution in [0, 0.1) is 5.92 Å². The molecular formula is C13H18F3N. The normalized spacial score (nSPS) is 16.0. The smallest absolute Gasteiger partial charge is 0.327 e. The highest BCUT2D eigenvalue weighted by Gasteiger charge is 2.30. The Balaban J connectivity index is 2.88. The molecule has 0 aliphatic heterocycles. The number of benzene rings is 1. The van der Waals surface area contributed by atoms with Gasteiger partial charge in [0.25, 0.3) is 0 Å². The first kappa shape index (κ1) is 14.0. The Bertz CT molecular complexity index is 354. The lowest BCUT2D eigenvalue weighted by Gasteiger charge is -2.24. The van der Waals surface area contributed by atoms with E-state index in [4.69, 9.17) is 5.73 Å². The van der Waals surface area contributed by atoms with Crippen LogP contribution in [0.15, 0.2) is 24.3 Å².